The number of quaternary nitrogens is 1. The van der Waals surface area contributed by atoms with E-state index in [1.54, 1.807) is 0 Å². The second kappa shape index (κ2) is 2.91. The zero-order valence-corrected chi connectivity index (χ0v) is 6.83. The van der Waals surface area contributed by atoms with Gasteiger partial charge in [-0.3, -0.25) is 4.98 Å². The van der Waals surface area contributed by atoms with Crippen molar-refractivity contribution < 1.29 is 5.73 Å². The van der Waals surface area contributed by atoms with Crippen molar-refractivity contribution in [1.82, 2.24) is 4.98 Å². The molecule has 1 aromatic carbocycles. The van der Waals surface area contributed by atoms with Crippen molar-refractivity contribution in [2.45, 2.75) is 6.54 Å². The van der Waals surface area contributed by atoms with Gasteiger partial charge in [-0.15, -0.1) is 0 Å². The third-order valence-corrected chi connectivity index (χ3v) is 1.94. The topological polar surface area (TPSA) is 40.5 Å². The Morgan fingerprint density at radius 1 is 1.17 bits per heavy atom. The Bertz CT molecular complexity index is 396. The van der Waals surface area contributed by atoms with E-state index < -0.39 is 0 Å². The molecule has 0 atom stereocenters. The van der Waals surface area contributed by atoms with Gasteiger partial charge in [0, 0.05) is 11.6 Å². The molecule has 1 heterocycles. The molecule has 0 aliphatic heterocycles. The summed E-state index contributed by atoms with van der Waals surface area (Å²) in [6, 6.07) is 10.3. The van der Waals surface area contributed by atoms with Crippen molar-refractivity contribution in [3.05, 3.63) is 42.2 Å². The molecule has 0 radical (unpaired) electrons. The zero-order chi connectivity index (χ0) is 8.39. The van der Waals surface area contributed by atoms with Gasteiger partial charge in [0.15, 0.2) is 0 Å². The molecule has 2 nitrogen and oxygen atoms in total. The predicted octanol–water partition coefficient (Wildman–Crippen LogP) is 0.977. The Balaban J connectivity index is 2.67. The molecule has 2 aromatic rings. The first kappa shape index (κ1) is 7.25. The van der Waals surface area contributed by atoms with Crippen LogP contribution in [0.1, 0.15) is 5.69 Å². The van der Waals surface area contributed by atoms with Gasteiger partial charge in [0.05, 0.1) is 5.69 Å². The van der Waals surface area contributed by atoms with Crippen LogP contribution >= 0.6 is 0 Å². The van der Waals surface area contributed by atoms with E-state index in [0.717, 1.165) is 12.2 Å². The largest absolute Gasteiger partial charge is 0.353 e. The normalized spacial score (nSPS) is 10.4. The third kappa shape index (κ3) is 1.17. The van der Waals surface area contributed by atoms with Gasteiger partial charge in [0.25, 0.3) is 0 Å². The molecule has 2 heteroatoms. The summed E-state index contributed by atoms with van der Waals surface area (Å²) in [5, 5.41) is 2.43. The molecule has 0 bridgehead atoms. The lowest BCUT2D eigenvalue weighted by atomic mass is 10.1. The number of fused-ring (bicyclic) bond motifs is 1. The van der Waals surface area contributed by atoms with Gasteiger partial charge in [-0.2, -0.15) is 0 Å². The van der Waals surface area contributed by atoms with E-state index in [1.807, 2.05) is 18.3 Å². The van der Waals surface area contributed by atoms with Crippen LogP contribution in [0.4, 0.5) is 0 Å². The van der Waals surface area contributed by atoms with Gasteiger partial charge in [0.2, 0.25) is 0 Å². The Morgan fingerprint density at radius 3 is 2.67 bits per heavy atom. The van der Waals surface area contributed by atoms with E-state index in [0.29, 0.717) is 0 Å². The number of rotatable bonds is 1. The monoisotopic (exact) mass is 159 g/mol. The summed E-state index contributed by atoms with van der Waals surface area (Å²) in [4.78, 5) is 4.26. The van der Waals surface area contributed by atoms with Crippen LogP contribution in [-0.2, 0) is 6.54 Å². The standard InChI is InChI=1S/C10H10N2/c11-6-10-5-8-3-1-2-4-9(8)7-12-10/h1-5,7H,6,11H2/p+1. The molecular weight excluding hydrogens is 148 g/mol. The highest BCUT2D eigenvalue weighted by Gasteiger charge is 1.95. The van der Waals surface area contributed by atoms with Crippen molar-refractivity contribution in [3.63, 3.8) is 0 Å². The van der Waals surface area contributed by atoms with Crippen molar-refractivity contribution in [1.29, 1.82) is 0 Å². The molecule has 3 N–H and O–H groups in total. The van der Waals surface area contributed by atoms with Crippen LogP contribution in [0.2, 0.25) is 0 Å². The van der Waals surface area contributed by atoms with Crippen LogP contribution in [-0.4, -0.2) is 4.98 Å². The first-order valence-corrected chi connectivity index (χ1v) is 4.03. The van der Waals surface area contributed by atoms with Gasteiger partial charge in [0.1, 0.15) is 6.54 Å². The Hall–Kier alpha value is -1.41. The molecule has 0 saturated carbocycles. The summed E-state index contributed by atoms with van der Waals surface area (Å²) in [6.45, 7) is 0.755. The molecule has 0 spiro atoms. The van der Waals surface area contributed by atoms with Gasteiger partial charge in [-0.25, -0.2) is 0 Å². The quantitative estimate of drug-likeness (QED) is 0.662. The van der Waals surface area contributed by atoms with Crippen molar-refractivity contribution >= 4 is 10.8 Å². The minimum absolute atomic E-state index is 0.755. The Morgan fingerprint density at radius 2 is 1.92 bits per heavy atom. The second-order valence-corrected chi connectivity index (χ2v) is 2.77. The van der Waals surface area contributed by atoms with Crippen LogP contribution < -0.4 is 5.73 Å². The van der Waals surface area contributed by atoms with Gasteiger partial charge < -0.3 is 5.73 Å². The number of benzene rings is 1. The highest BCUT2D eigenvalue weighted by atomic mass is 14.7. The van der Waals surface area contributed by atoms with E-state index in [9.17, 15) is 0 Å². The molecule has 0 aliphatic rings. The molecule has 0 amide bonds. The van der Waals surface area contributed by atoms with Crippen LogP contribution in [0.25, 0.3) is 10.8 Å². The summed E-state index contributed by atoms with van der Waals surface area (Å²) >= 11 is 0. The number of pyridine rings is 1. The lowest BCUT2D eigenvalue weighted by Crippen LogP contribution is -2.47. The third-order valence-electron chi connectivity index (χ3n) is 1.94. The maximum Gasteiger partial charge on any atom is 0.117 e. The molecule has 0 aliphatic carbocycles. The molecule has 60 valence electrons. The van der Waals surface area contributed by atoms with Crippen LogP contribution in [0, 0.1) is 0 Å². The first-order chi connectivity index (χ1) is 5.90. The summed E-state index contributed by atoms with van der Waals surface area (Å²) in [7, 11) is 0. The molecule has 12 heavy (non-hydrogen) atoms. The smallest absolute Gasteiger partial charge is 0.117 e. The predicted molar refractivity (Wildman–Crippen MR) is 48.3 cm³/mol. The summed E-state index contributed by atoms with van der Waals surface area (Å²) in [6.07, 6.45) is 1.90. The van der Waals surface area contributed by atoms with Gasteiger partial charge in [-0.1, -0.05) is 24.3 Å². The SMILES string of the molecule is [NH3+]Cc1cc2ccccc2cn1. The fourth-order valence-electron chi connectivity index (χ4n) is 1.27. The fourth-order valence-corrected chi connectivity index (χ4v) is 1.27. The summed E-state index contributed by atoms with van der Waals surface area (Å²) in [5.41, 5.74) is 4.85. The van der Waals surface area contributed by atoms with E-state index in [4.69, 9.17) is 0 Å². The van der Waals surface area contributed by atoms with E-state index in [-0.39, 0.29) is 0 Å². The number of hydrogen-bond acceptors (Lipinski definition) is 1. The first-order valence-electron chi connectivity index (χ1n) is 4.03. The maximum atomic E-state index is 4.26. The molecule has 1 aromatic heterocycles. The average molecular weight is 159 g/mol. The minimum atomic E-state index is 0.755. The number of aromatic nitrogens is 1. The lowest BCUT2D eigenvalue weighted by molar-refractivity contribution is -0.387. The second-order valence-electron chi connectivity index (χ2n) is 2.77. The van der Waals surface area contributed by atoms with Crippen LogP contribution in [0.15, 0.2) is 36.5 Å². The lowest BCUT2D eigenvalue weighted by Gasteiger charge is -1.97. The maximum absolute atomic E-state index is 4.26. The molecule has 0 saturated heterocycles. The minimum Gasteiger partial charge on any atom is -0.353 e. The van der Waals surface area contributed by atoms with Crippen LogP contribution in [0.5, 0.6) is 0 Å². The molecular formula is C10H11N2+. The summed E-state index contributed by atoms with van der Waals surface area (Å²) in [5.74, 6) is 0. The van der Waals surface area contributed by atoms with Crippen molar-refractivity contribution in [2.24, 2.45) is 0 Å². The van der Waals surface area contributed by atoms with Gasteiger partial charge in [-0.05, 0) is 11.5 Å². The molecule has 0 unspecified atom stereocenters. The summed E-state index contributed by atoms with van der Waals surface area (Å²) < 4.78 is 0. The fraction of sp³-hybridized carbons (Fsp3) is 0.100. The van der Waals surface area contributed by atoms with E-state index in [1.165, 1.54) is 10.8 Å². The molecule has 2 rings (SSSR count). The van der Waals surface area contributed by atoms with Gasteiger partial charge >= 0.3 is 0 Å². The van der Waals surface area contributed by atoms with E-state index in [2.05, 4.69) is 28.9 Å². The molecule has 0 fully saturated rings. The Labute approximate surface area is 71.0 Å². The number of nitrogens with zero attached hydrogens (tertiary/aromatic N) is 1. The van der Waals surface area contributed by atoms with Crippen LogP contribution in [0.3, 0.4) is 0 Å². The average Bonchev–Trinajstić information content (AvgIpc) is 2.17. The van der Waals surface area contributed by atoms with Crippen molar-refractivity contribution in [2.75, 3.05) is 0 Å². The number of hydrogen-bond donors (Lipinski definition) is 1. The Kier molecular flexibility index (Phi) is 1.76. The highest BCUT2D eigenvalue weighted by Crippen LogP contribution is 2.12. The highest BCUT2D eigenvalue weighted by molar-refractivity contribution is 5.81. The van der Waals surface area contributed by atoms with Crippen molar-refractivity contribution in [3.8, 4) is 0 Å². The zero-order valence-electron chi connectivity index (χ0n) is 6.83. The van der Waals surface area contributed by atoms with E-state index >= 15 is 0 Å².